The van der Waals surface area contributed by atoms with Crippen molar-refractivity contribution in [1.29, 1.82) is 0 Å². The molecule has 0 heterocycles. The summed E-state index contributed by atoms with van der Waals surface area (Å²) in [4.78, 5) is 0. The van der Waals surface area contributed by atoms with Crippen molar-refractivity contribution in [2.45, 2.75) is 25.9 Å². The van der Waals surface area contributed by atoms with Gasteiger partial charge in [0.25, 0.3) is 0 Å². The van der Waals surface area contributed by atoms with Gasteiger partial charge in [-0.3, -0.25) is 0 Å². The monoisotopic (exact) mass is 125 g/mol. The zero-order valence-electron chi connectivity index (χ0n) is 6.11. The molecule has 0 aliphatic carbocycles. The normalized spacial score (nSPS) is 11.9. The minimum absolute atomic E-state index is 0.156. The summed E-state index contributed by atoms with van der Waals surface area (Å²) in [5, 5.41) is 0. The minimum atomic E-state index is -0.156. The zero-order valence-corrected chi connectivity index (χ0v) is 6.11. The quantitative estimate of drug-likeness (QED) is 0.510. The Kier molecular flexibility index (Phi) is 5.35. The first-order chi connectivity index (χ1) is 4.31. The minimum Gasteiger partial charge on any atom is -0.369 e. The predicted octanol–water partition coefficient (Wildman–Crippen LogP) is 1.64. The van der Waals surface area contributed by atoms with Crippen molar-refractivity contribution in [2.24, 2.45) is 0 Å². The number of rotatable bonds is 2. The van der Waals surface area contributed by atoms with E-state index >= 15 is 0 Å². The van der Waals surface area contributed by atoms with E-state index in [1.54, 1.807) is 7.11 Å². The fourth-order valence-corrected chi connectivity index (χ4v) is 0.370. The molecular weight excluding hydrogens is 112 g/mol. The van der Waals surface area contributed by atoms with Crippen LogP contribution in [0.25, 0.3) is 0 Å². The molecule has 1 atom stereocenters. The first-order valence-corrected chi connectivity index (χ1v) is 3.15. The van der Waals surface area contributed by atoms with Crippen LogP contribution in [-0.4, -0.2) is 13.2 Å². The van der Waals surface area contributed by atoms with Crippen molar-refractivity contribution in [1.82, 2.24) is 0 Å². The van der Waals surface area contributed by atoms with Crippen LogP contribution in [0.1, 0.15) is 19.8 Å². The van der Waals surface area contributed by atoms with Gasteiger partial charge in [-0.1, -0.05) is 12.8 Å². The van der Waals surface area contributed by atoms with Crippen LogP contribution in [0.15, 0.2) is 0 Å². The Hall–Kier alpha value is -0.480. The van der Waals surface area contributed by atoms with Crippen molar-refractivity contribution in [3.63, 3.8) is 0 Å². The number of hydrogen-bond acceptors (Lipinski definition) is 1. The van der Waals surface area contributed by atoms with Crippen LogP contribution in [0.3, 0.4) is 0 Å². The molecule has 0 N–H and O–H groups in total. The highest BCUT2D eigenvalue weighted by atomic mass is 16.5. The molecule has 0 aliphatic heterocycles. The molecule has 0 spiro atoms. The molecular formula is C8H13O. The van der Waals surface area contributed by atoms with Crippen molar-refractivity contribution in [3.8, 4) is 11.8 Å². The lowest BCUT2D eigenvalue weighted by Crippen LogP contribution is -1.99. The third kappa shape index (κ3) is 5.39. The van der Waals surface area contributed by atoms with Crippen LogP contribution in [0.4, 0.5) is 0 Å². The van der Waals surface area contributed by atoms with E-state index in [1.165, 1.54) is 0 Å². The lowest BCUT2D eigenvalue weighted by Gasteiger charge is -1.96. The van der Waals surface area contributed by atoms with Gasteiger partial charge in [-0.2, -0.15) is 0 Å². The molecule has 1 heteroatoms. The number of unbranched alkanes of at least 4 members (excludes halogenated alkanes) is 1. The summed E-state index contributed by atoms with van der Waals surface area (Å²) in [5.74, 6) is 5.80. The summed E-state index contributed by atoms with van der Waals surface area (Å²) in [7, 11) is 1.61. The first-order valence-electron chi connectivity index (χ1n) is 3.15. The third-order valence-electron chi connectivity index (χ3n) is 0.923. The topological polar surface area (TPSA) is 9.23 Å². The first kappa shape index (κ1) is 8.52. The molecule has 1 unspecified atom stereocenters. The number of hydrogen-bond donors (Lipinski definition) is 0. The van der Waals surface area contributed by atoms with Crippen LogP contribution in [0.5, 0.6) is 0 Å². The van der Waals surface area contributed by atoms with E-state index in [0.717, 1.165) is 12.8 Å². The average Bonchev–Trinajstić information content (AvgIpc) is 1.89. The molecule has 0 aliphatic rings. The van der Waals surface area contributed by atoms with Crippen LogP contribution < -0.4 is 0 Å². The Morgan fingerprint density at radius 2 is 2.33 bits per heavy atom. The average molecular weight is 125 g/mol. The molecule has 0 amide bonds. The molecule has 1 nitrogen and oxygen atoms in total. The summed E-state index contributed by atoms with van der Waals surface area (Å²) in [6.07, 6.45) is 1.88. The van der Waals surface area contributed by atoms with Gasteiger partial charge in [-0.05, 0) is 13.3 Å². The van der Waals surface area contributed by atoms with Gasteiger partial charge in [-0.15, -0.1) is 5.92 Å². The lowest BCUT2D eigenvalue weighted by molar-refractivity contribution is 0.182. The van der Waals surface area contributed by atoms with E-state index < -0.39 is 0 Å². The van der Waals surface area contributed by atoms with Crippen molar-refractivity contribution < 1.29 is 4.74 Å². The maximum atomic E-state index is 4.81. The lowest BCUT2D eigenvalue weighted by atomic mass is 10.3. The summed E-state index contributed by atoms with van der Waals surface area (Å²) < 4.78 is 4.81. The highest BCUT2D eigenvalue weighted by molar-refractivity contribution is 5.05. The number of ether oxygens (including phenoxy) is 1. The van der Waals surface area contributed by atoms with E-state index in [0.29, 0.717) is 0 Å². The van der Waals surface area contributed by atoms with Gasteiger partial charge in [0.2, 0.25) is 0 Å². The van der Waals surface area contributed by atoms with Gasteiger partial charge < -0.3 is 4.74 Å². The van der Waals surface area contributed by atoms with Crippen LogP contribution in [-0.2, 0) is 4.74 Å². The molecule has 51 valence electrons. The fourth-order valence-electron chi connectivity index (χ4n) is 0.370. The summed E-state index contributed by atoms with van der Waals surface area (Å²) >= 11 is 0. The van der Waals surface area contributed by atoms with Crippen molar-refractivity contribution in [3.05, 3.63) is 6.92 Å². The molecule has 1 radical (unpaired) electrons. The van der Waals surface area contributed by atoms with Crippen molar-refractivity contribution >= 4 is 0 Å². The van der Waals surface area contributed by atoms with E-state index in [9.17, 15) is 0 Å². The summed E-state index contributed by atoms with van der Waals surface area (Å²) in [5.41, 5.74) is 0. The van der Waals surface area contributed by atoms with Gasteiger partial charge in [0.05, 0.1) is 0 Å². The van der Waals surface area contributed by atoms with Crippen LogP contribution in [0.2, 0.25) is 0 Å². The highest BCUT2D eigenvalue weighted by Gasteiger charge is 1.87. The number of methoxy groups -OCH3 is 1. The molecule has 0 saturated carbocycles. The largest absolute Gasteiger partial charge is 0.369 e. The Bertz CT molecular complexity index is 107. The van der Waals surface area contributed by atoms with Gasteiger partial charge in [0.1, 0.15) is 6.10 Å². The molecule has 0 aromatic rings. The summed E-state index contributed by atoms with van der Waals surface area (Å²) in [6.45, 7) is 5.73. The Labute approximate surface area is 57.4 Å². The molecule has 0 rings (SSSR count). The smallest absolute Gasteiger partial charge is 0.117 e. The standard InChI is InChI=1S/C8H13O/c1-4-5-6-7-8(2)9-3/h8H,2,4-5H2,1,3H3. The van der Waals surface area contributed by atoms with Crippen molar-refractivity contribution in [2.75, 3.05) is 7.11 Å². The Balaban J connectivity index is 3.33. The van der Waals surface area contributed by atoms with E-state index in [2.05, 4.69) is 25.7 Å². The van der Waals surface area contributed by atoms with Gasteiger partial charge in [0, 0.05) is 13.5 Å². The van der Waals surface area contributed by atoms with E-state index in [1.807, 2.05) is 0 Å². The van der Waals surface area contributed by atoms with Crippen LogP contribution >= 0.6 is 0 Å². The maximum absolute atomic E-state index is 4.81. The molecule has 0 aromatic carbocycles. The van der Waals surface area contributed by atoms with E-state index in [4.69, 9.17) is 4.74 Å². The molecule has 0 saturated heterocycles. The van der Waals surface area contributed by atoms with Gasteiger partial charge >= 0.3 is 0 Å². The highest BCUT2D eigenvalue weighted by Crippen LogP contribution is 1.85. The SMILES string of the molecule is [CH2]C(C#CCCC)OC. The molecule has 0 aromatic heterocycles. The summed E-state index contributed by atoms with van der Waals surface area (Å²) in [6, 6.07) is 0. The van der Waals surface area contributed by atoms with Gasteiger partial charge in [-0.25, -0.2) is 0 Å². The Morgan fingerprint density at radius 3 is 2.78 bits per heavy atom. The fraction of sp³-hybridized carbons (Fsp3) is 0.625. The van der Waals surface area contributed by atoms with Gasteiger partial charge in [0.15, 0.2) is 0 Å². The van der Waals surface area contributed by atoms with Crippen LogP contribution in [0, 0.1) is 18.8 Å². The second-order valence-corrected chi connectivity index (χ2v) is 1.80. The Morgan fingerprint density at radius 1 is 1.67 bits per heavy atom. The molecule has 9 heavy (non-hydrogen) atoms. The second-order valence-electron chi connectivity index (χ2n) is 1.80. The third-order valence-corrected chi connectivity index (χ3v) is 0.923. The molecule has 0 bridgehead atoms. The zero-order chi connectivity index (χ0) is 7.11. The molecule has 0 fully saturated rings. The maximum Gasteiger partial charge on any atom is 0.117 e. The second kappa shape index (κ2) is 5.65. The van der Waals surface area contributed by atoms with E-state index in [-0.39, 0.29) is 6.10 Å². The predicted molar refractivity (Wildman–Crippen MR) is 38.8 cm³/mol.